The quantitative estimate of drug-likeness (QED) is 0.599. The van der Waals surface area contributed by atoms with Gasteiger partial charge in [0.2, 0.25) is 5.91 Å². The first kappa shape index (κ1) is 18.9. The van der Waals surface area contributed by atoms with Crippen LogP contribution >= 0.6 is 12.2 Å². The average molecular weight is 356 g/mol. The molecule has 0 saturated carbocycles. The molecule has 2 rings (SSSR count). The maximum Gasteiger partial charge on any atom is 0.226 e. The first-order chi connectivity index (χ1) is 11.9. The summed E-state index contributed by atoms with van der Waals surface area (Å²) in [5.41, 5.74) is 4.45. The molecule has 0 aliphatic rings. The third kappa shape index (κ3) is 6.55. The highest BCUT2D eigenvalue weighted by molar-refractivity contribution is 7.80. The highest BCUT2D eigenvalue weighted by atomic mass is 32.1. The fourth-order valence-corrected chi connectivity index (χ4v) is 2.46. The van der Waals surface area contributed by atoms with Crippen molar-refractivity contribution in [3.63, 3.8) is 0 Å². The lowest BCUT2D eigenvalue weighted by Crippen LogP contribution is -2.34. The smallest absolute Gasteiger partial charge is 0.226 e. The summed E-state index contributed by atoms with van der Waals surface area (Å²) in [4.78, 5) is 11.9. The van der Waals surface area contributed by atoms with E-state index < -0.39 is 0 Å². The second kappa shape index (κ2) is 9.18. The number of anilines is 1. The summed E-state index contributed by atoms with van der Waals surface area (Å²) in [6.45, 7) is 6.62. The first-order valence-electron chi connectivity index (χ1n) is 8.31. The summed E-state index contributed by atoms with van der Waals surface area (Å²) in [5.74, 6) is 0.701. The fourth-order valence-electron chi connectivity index (χ4n) is 2.23. The maximum atomic E-state index is 11.9. The van der Waals surface area contributed by atoms with Gasteiger partial charge in [0.1, 0.15) is 5.75 Å². The van der Waals surface area contributed by atoms with Gasteiger partial charge in [-0.05, 0) is 74.8 Å². The Bertz CT molecular complexity index is 742. The Labute approximate surface area is 154 Å². The van der Waals surface area contributed by atoms with Crippen molar-refractivity contribution in [2.75, 3.05) is 11.9 Å². The minimum absolute atomic E-state index is 0.117. The predicted octanol–water partition coefficient (Wildman–Crippen LogP) is 4.28. The summed E-state index contributed by atoms with van der Waals surface area (Å²) in [5, 5.41) is 6.04. The van der Waals surface area contributed by atoms with Crippen molar-refractivity contribution < 1.29 is 9.53 Å². The van der Waals surface area contributed by atoms with Gasteiger partial charge in [-0.25, -0.2) is 0 Å². The van der Waals surface area contributed by atoms with Crippen LogP contribution in [0, 0.1) is 20.8 Å². The lowest BCUT2D eigenvalue weighted by Gasteiger charge is -2.11. The highest BCUT2D eigenvalue weighted by Gasteiger charge is 2.06. The molecule has 132 valence electrons. The number of carbonyl (C=O) groups excluding carboxylic acids is 1. The Balaban J connectivity index is 1.67. The zero-order chi connectivity index (χ0) is 18.2. The Hall–Kier alpha value is -2.40. The molecule has 0 aliphatic carbocycles. The number of hydrogen-bond acceptors (Lipinski definition) is 3. The second-order valence-electron chi connectivity index (χ2n) is 6.07. The molecule has 0 heterocycles. The topological polar surface area (TPSA) is 50.4 Å². The van der Waals surface area contributed by atoms with Crippen LogP contribution in [0.15, 0.2) is 42.5 Å². The number of aryl methyl sites for hydroxylation is 3. The van der Waals surface area contributed by atoms with Gasteiger partial charge in [-0.15, -0.1) is 0 Å². The molecule has 5 heteroatoms. The number of ether oxygens (including phenoxy) is 1. The molecule has 0 bridgehead atoms. The molecule has 0 aromatic heterocycles. The van der Waals surface area contributed by atoms with Crippen molar-refractivity contribution in [3.8, 4) is 5.75 Å². The minimum atomic E-state index is -0.117. The van der Waals surface area contributed by atoms with E-state index in [0.29, 0.717) is 24.6 Å². The molecule has 0 spiro atoms. The van der Waals surface area contributed by atoms with Crippen molar-refractivity contribution >= 4 is 28.9 Å². The average Bonchev–Trinajstić information content (AvgIpc) is 2.56. The van der Waals surface area contributed by atoms with Gasteiger partial charge in [-0.2, -0.15) is 0 Å². The van der Waals surface area contributed by atoms with E-state index in [-0.39, 0.29) is 5.91 Å². The van der Waals surface area contributed by atoms with E-state index in [9.17, 15) is 4.79 Å². The molecule has 0 unspecified atom stereocenters. The standard InChI is InChI=1S/C20H24N2O2S/c1-14-6-10-18(11-7-14)24-12-4-5-19(23)22-20(25)21-17-9-8-15(2)16(3)13-17/h6-11,13H,4-5,12H2,1-3H3,(H2,21,22,23,25). The van der Waals surface area contributed by atoms with Crippen LogP contribution in [0.25, 0.3) is 0 Å². The Morgan fingerprint density at radius 2 is 1.76 bits per heavy atom. The molecular weight excluding hydrogens is 332 g/mol. The van der Waals surface area contributed by atoms with E-state index >= 15 is 0 Å². The van der Waals surface area contributed by atoms with Gasteiger partial charge in [0, 0.05) is 12.1 Å². The number of benzene rings is 2. The third-order valence-electron chi connectivity index (χ3n) is 3.86. The van der Waals surface area contributed by atoms with Crippen LogP contribution in [-0.4, -0.2) is 17.6 Å². The van der Waals surface area contributed by atoms with Gasteiger partial charge in [0.05, 0.1) is 6.61 Å². The molecular formula is C20H24N2O2S. The maximum absolute atomic E-state index is 11.9. The molecule has 0 atom stereocenters. The third-order valence-corrected chi connectivity index (χ3v) is 4.06. The number of carbonyl (C=O) groups is 1. The lowest BCUT2D eigenvalue weighted by molar-refractivity contribution is -0.119. The largest absolute Gasteiger partial charge is 0.494 e. The van der Waals surface area contributed by atoms with Gasteiger partial charge in [-0.3, -0.25) is 4.79 Å². The Morgan fingerprint density at radius 3 is 2.44 bits per heavy atom. The summed E-state index contributed by atoms with van der Waals surface area (Å²) in [6, 6.07) is 13.8. The predicted molar refractivity (Wildman–Crippen MR) is 106 cm³/mol. The zero-order valence-corrected chi connectivity index (χ0v) is 15.7. The molecule has 2 aromatic carbocycles. The van der Waals surface area contributed by atoms with Crippen LogP contribution < -0.4 is 15.4 Å². The van der Waals surface area contributed by atoms with Crippen LogP contribution in [0.3, 0.4) is 0 Å². The van der Waals surface area contributed by atoms with Gasteiger partial charge < -0.3 is 15.4 Å². The first-order valence-corrected chi connectivity index (χ1v) is 8.72. The Kier molecular flexibility index (Phi) is 6.95. The van der Waals surface area contributed by atoms with Gasteiger partial charge in [0.25, 0.3) is 0 Å². The summed E-state index contributed by atoms with van der Waals surface area (Å²) >= 11 is 5.18. The van der Waals surface area contributed by atoms with Crippen molar-refractivity contribution in [1.82, 2.24) is 5.32 Å². The van der Waals surface area contributed by atoms with E-state index in [0.717, 1.165) is 11.4 Å². The van der Waals surface area contributed by atoms with E-state index in [2.05, 4.69) is 17.6 Å². The van der Waals surface area contributed by atoms with Gasteiger partial charge in [-0.1, -0.05) is 23.8 Å². The molecule has 2 N–H and O–H groups in total. The summed E-state index contributed by atoms with van der Waals surface area (Å²) in [7, 11) is 0. The second-order valence-corrected chi connectivity index (χ2v) is 6.47. The number of amides is 1. The van der Waals surface area contributed by atoms with E-state index in [1.54, 1.807) is 0 Å². The molecule has 2 aromatic rings. The van der Waals surface area contributed by atoms with E-state index in [4.69, 9.17) is 17.0 Å². The van der Waals surface area contributed by atoms with Crippen molar-refractivity contribution in [2.45, 2.75) is 33.6 Å². The van der Waals surface area contributed by atoms with E-state index in [1.807, 2.05) is 56.3 Å². The summed E-state index contributed by atoms with van der Waals surface area (Å²) in [6.07, 6.45) is 0.993. The monoisotopic (exact) mass is 356 g/mol. The lowest BCUT2D eigenvalue weighted by atomic mass is 10.1. The number of thiocarbonyl (C=S) groups is 1. The normalized spacial score (nSPS) is 10.2. The minimum Gasteiger partial charge on any atom is -0.494 e. The van der Waals surface area contributed by atoms with Crippen molar-refractivity contribution in [1.29, 1.82) is 0 Å². The van der Waals surface area contributed by atoms with E-state index in [1.165, 1.54) is 16.7 Å². The van der Waals surface area contributed by atoms with Crippen LogP contribution in [0.2, 0.25) is 0 Å². The molecule has 4 nitrogen and oxygen atoms in total. The molecule has 1 amide bonds. The van der Waals surface area contributed by atoms with Crippen LogP contribution in [0.4, 0.5) is 5.69 Å². The molecule has 0 fully saturated rings. The Morgan fingerprint density at radius 1 is 1.04 bits per heavy atom. The zero-order valence-electron chi connectivity index (χ0n) is 14.9. The van der Waals surface area contributed by atoms with Gasteiger partial charge >= 0.3 is 0 Å². The van der Waals surface area contributed by atoms with Crippen molar-refractivity contribution in [2.24, 2.45) is 0 Å². The number of rotatable bonds is 6. The number of hydrogen-bond donors (Lipinski definition) is 2. The number of nitrogens with one attached hydrogen (secondary N) is 2. The summed E-state index contributed by atoms with van der Waals surface area (Å²) < 4.78 is 5.61. The van der Waals surface area contributed by atoms with Gasteiger partial charge in [0.15, 0.2) is 5.11 Å². The fraction of sp³-hybridized carbons (Fsp3) is 0.300. The molecule has 25 heavy (non-hydrogen) atoms. The highest BCUT2D eigenvalue weighted by Crippen LogP contribution is 2.14. The molecule has 0 aliphatic heterocycles. The van der Waals surface area contributed by atoms with Crippen LogP contribution in [0.5, 0.6) is 5.75 Å². The van der Waals surface area contributed by atoms with Crippen LogP contribution in [0.1, 0.15) is 29.5 Å². The SMILES string of the molecule is Cc1ccc(OCCCC(=O)NC(=S)Nc2ccc(C)c(C)c2)cc1. The van der Waals surface area contributed by atoms with Crippen LogP contribution in [-0.2, 0) is 4.79 Å². The molecule has 0 radical (unpaired) electrons. The molecule has 0 saturated heterocycles. The van der Waals surface area contributed by atoms with Crippen molar-refractivity contribution in [3.05, 3.63) is 59.2 Å².